The first-order chi connectivity index (χ1) is 5.24. The Hall–Kier alpha value is -0.570. The van der Waals surface area contributed by atoms with Gasteiger partial charge in [-0.05, 0) is 12.5 Å². The van der Waals surface area contributed by atoms with Crippen LogP contribution in [0.1, 0.15) is 17.2 Å². The molecule has 1 atom stereocenters. The average Bonchev–Trinajstić information content (AvgIpc) is 2.03. The highest BCUT2D eigenvalue weighted by Gasteiger charge is 2.02. The third kappa shape index (κ3) is 2.81. The lowest BCUT2D eigenvalue weighted by Gasteiger charge is -2.07. The zero-order chi connectivity index (χ0) is 8.27. The summed E-state index contributed by atoms with van der Waals surface area (Å²) in [5, 5.41) is 9.33. The first-order valence-electron chi connectivity index (χ1n) is 3.68. The van der Waals surface area contributed by atoms with Crippen LogP contribution in [0.2, 0.25) is 0 Å². The number of hydrogen-bond acceptors (Lipinski definition) is 2. The van der Waals surface area contributed by atoms with Gasteiger partial charge in [-0.2, -0.15) is 0 Å². The van der Waals surface area contributed by atoms with Crippen LogP contribution >= 0.6 is 12.4 Å². The molecule has 0 heterocycles. The van der Waals surface area contributed by atoms with Gasteiger partial charge < -0.3 is 10.8 Å². The molecule has 1 aromatic rings. The van der Waals surface area contributed by atoms with Crippen molar-refractivity contribution < 1.29 is 5.11 Å². The fourth-order valence-electron chi connectivity index (χ4n) is 1.01. The molecular formula is C9H14ClNO. The molecule has 2 nitrogen and oxygen atoms in total. The Balaban J connectivity index is 0.00000121. The molecule has 1 unspecified atom stereocenters. The SMILES string of the molecule is Cc1cccc(C(O)CN)c1.Cl. The first-order valence-corrected chi connectivity index (χ1v) is 3.68. The third-order valence-corrected chi connectivity index (χ3v) is 1.65. The van der Waals surface area contributed by atoms with Crippen LogP contribution in [0.15, 0.2) is 24.3 Å². The van der Waals surface area contributed by atoms with Crippen LogP contribution in [0.3, 0.4) is 0 Å². The van der Waals surface area contributed by atoms with Gasteiger partial charge in [0, 0.05) is 6.54 Å². The van der Waals surface area contributed by atoms with Gasteiger partial charge in [0.15, 0.2) is 0 Å². The molecule has 0 amide bonds. The molecule has 0 aromatic heterocycles. The first kappa shape index (κ1) is 11.4. The summed E-state index contributed by atoms with van der Waals surface area (Å²) in [5.41, 5.74) is 7.35. The van der Waals surface area contributed by atoms with Gasteiger partial charge in [-0.1, -0.05) is 29.8 Å². The zero-order valence-corrected chi connectivity index (χ0v) is 7.84. The summed E-state index contributed by atoms with van der Waals surface area (Å²) in [5.74, 6) is 0. The zero-order valence-electron chi connectivity index (χ0n) is 7.03. The van der Waals surface area contributed by atoms with Gasteiger partial charge in [0.1, 0.15) is 0 Å². The molecule has 68 valence electrons. The largest absolute Gasteiger partial charge is 0.387 e. The second kappa shape index (κ2) is 5.14. The van der Waals surface area contributed by atoms with Crippen LogP contribution in [0.25, 0.3) is 0 Å². The molecule has 0 bridgehead atoms. The number of aryl methyl sites for hydroxylation is 1. The lowest BCUT2D eigenvalue weighted by atomic mass is 10.1. The number of halogens is 1. The molecule has 1 rings (SSSR count). The fourth-order valence-corrected chi connectivity index (χ4v) is 1.01. The molecule has 0 fully saturated rings. The van der Waals surface area contributed by atoms with E-state index in [4.69, 9.17) is 5.73 Å². The molecule has 0 aliphatic heterocycles. The van der Waals surface area contributed by atoms with E-state index in [0.29, 0.717) is 0 Å². The van der Waals surface area contributed by atoms with E-state index in [1.807, 2.05) is 31.2 Å². The third-order valence-electron chi connectivity index (χ3n) is 1.65. The van der Waals surface area contributed by atoms with Crippen molar-refractivity contribution in [1.82, 2.24) is 0 Å². The van der Waals surface area contributed by atoms with E-state index in [9.17, 15) is 5.11 Å². The maximum Gasteiger partial charge on any atom is 0.0912 e. The number of benzene rings is 1. The highest BCUT2D eigenvalue weighted by atomic mass is 35.5. The summed E-state index contributed by atoms with van der Waals surface area (Å²) >= 11 is 0. The van der Waals surface area contributed by atoms with Gasteiger partial charge >= 0.3 is 0 Å². The molecule has 12 heavy (non-hydrogen) atoms. The fraction of sp³-hybridized carbons (Fsp3) is 0.333. The molecule has 0 saturated heterocycles. The van der Waals surface area contributed by atoms with Gasteiger partial charge in [-0.15, -0.1) is 12.4 Å². The number of rotatable bonds is 2. The smallest absolute Gasteiger partial charge is 0.0912 e. The Morgan fingerprint density at radius 2 is 2.17 bits per heavy atom. The minimum atomic E-state index is -0.519. The van der Waals surface area contributed by atoms with E-state index in [1.54, 1.807) is 0 Å². The van der Waals surface area contributed by atoms with E-state index >= 15 is 0 Å². The number of hydrogen-bond donors (Lipinski definition) is 2. The predicted octanol–water partition coefficient (Wildman–Crippen LogP) is 1.41. The van der Waals surface area contributed by atoms with E-state index in [0.717, 1.165) is 11.1 Å². The normalized spacial score (nSPS) is 11.9. The Bertz CT molecular complexity index is 240. The number of nitrogens with two attached hydrogens (primary N) is 1. The van der Waals surface area contributed by atoms with Crippen LogP contribution < -0.4 is 5.73 Å². The van der Waals surface area contributed by atoms with Gasteiger partial charge in [0.2, 0.25) is 0 Å². The van der Waals surface area contributed by atoms with Gasteiger partial charge in [0.25, 0.3) is 0 Å². The van der Waals surface area contributed by atoms with Crippen LogP contribution in [0.5, 0.6) is 0 Å². The minimum Gasteiger partial charge on any atom is -0.387 e. The van der Waals surface area contributed by atoms with Crippen molar-refractivity contribution in [2.75, 3.05) is 6.54 Å². The van der Waals surface area contributed by atoms with Crippen LogP contribution in [-0.2, 0) is 0 Å². The Kier molecular flexibility index (Phi) is 4.90. The topological polar surface area (TPSA) is 46.2 Å². The molecule has 0 saturated carbocycles. The van der Waals surface area contributed by atoms with Crippen LogP contribution in [-0.4, -0.2) is 11.7 Å². The second-order valence-corrected chi connectivity index (χ2v) is 2.67. The minimum absolute atomic E-state index is 0. The van der Waals surface area contributed by atoms with E-state index in [1.165, 1.54) is 0 Å². The van der Waals surface area contributed by atoms with Crippen molar-refractivity contribution in [2.45, 2.75) is 13.0 Å². The monoisotopic (exact) mass is 187 g/mol. The second-order valence-electron chi connectivity index (χ2n) is 2.67. The van der Waals surface area contributed by atoms with Crippen LogP contribution in [0.4, 0.5) is 0 Å². The summed E-state index contributed by atoms with van der Waals surface area (Å²) in [6, 6.07) is 7.73. The van der Waals surface area contributed by atoms with Gasteiger partial charge in [-0.25, -0.2) is 0 Å². The van der Waals surface area contributed by atoms with Crippen LogP contribution in [0, 0.1) is 6.92 Å². The molecule has 0 aliphatic carbocycles. The summed E-state index contributed by atoms with van der Waals surface area (Å²) in [6.45, 7) is 2.27. The Morgan fingerprint density at radius 1 is 1.50 bits per heavy atom. The molecule has 0 radical (unpaired) electrons. The Labute approximate surface area is 78.8 Å². The van der Waals surface area contributed by atoms with Crippen molar-refractivity contribution in [2.24, 2.45) is 5.73 Å². The van der Waals surface area contributed by atoms with E-state index < -0.39 is 6.10 Å². The molecule has 0 spiro atoms. The quantitative estimate of drug-likeness (QED) is 0.736. The van der Waals surface area contributed by atoms with E-state index in [2.05, 4.69) is 0 Å². The van der Waals surface area contributed by atoms with Crippen molar-refractivity contribution >= 4 is 12.4 Å². The van der Waals surface area contributed by atoms with Gasteiger partial charge in [-0.3, -0.25) is 0 Å². The molecule has 0 aliphatic rings. The summed E-state index contributed by atoms with van der Waals surface area (Å²) in [7, 11) is 0. The van der Waals surface area contributed by atoms with Crippen molar-refractivity contribution in [1.29, 1.82) is 0 Å². The number of aliphatic hydroxyl groups excluding tert-OH is 1. The summed E-state index contributed by atoms with van der Waals surface area (Å²) in [6.07, 6.45) is -0.519. The molecular weight excluding hydrogens is 174 g/mol. The summed E-state index contributed by atoms with van der Waals surface area (Å²) in [4.78, 5) is 0. The Morgan fingerprint density at radius 3 is 2.67 bits per heavy atom. The molecule has 1 aromatic carbocycles. The van der Waals surface area contributed by atoms with E-state index in [-0.39, 0.29) is 19.0 Å². The van der Waals surface area contributed by atoms with Crippen molar-refractivity contribution in [3.8, 4) is 0 Å². The highest BCUT2D eigenvalue weighted by molar-refractivity contribution is 5.85. The highest BCUT2D eigenvalue weighted by Crippen LogP contribution is 2.12. The molecule has 3 N–H and O–H groups in total. The molecule has 3 heteroatoms. The average molecular weight is 188 g/mol. The standard InChI is InChI=1S/C9H13NO.ClH/c1-7-3-2-4-8(5-7)9(11)6-10;/h2-5,9,11H,6,10H2,1H3;1H. The lowest BCUT2D eigenvalue weighted by molar-refractivity contribution is 0.186. The summed E-state index contributed by atoms with van der Waals surface area (Å²) < 4.78 is 0. The van der Waals surface area contributed by atoms with Gasteiger partial charge in [0.05, 0.1) is 6.10 Å². The van der Waals surface area contributed by atoms with Crippen molar-refractivity contribution in [3.05, 3.63) is 35.4 Å². The lowest BCUT2D eigenvalue weighted by Crippen LogP contribution is -2.11. The predicted molar refractivity (Wildman–Crippen MR) is 52.4 cm³/mol. The van der Waals surface area contributed by atoms with Crippen molar-refractivity contribution in [3.63, 3.8) is 0 Å². The maximum absolute atomic E-state index is 9.33. The number of aliphatic hydroxyl groups is 1. The maximum atomic E-state index is 9.33.